The van der Waals surface area contributed by atoms with Gasteiger partial charge in [0.05, 0.1) is 0 Å². The smallest absolute Gasteiger partial charge is 0.0438 e. The predicted octanol–water partition coefficient (Wildman–Crippen LogP) is 2.78. The number of halogens is 1. The monoisotopic (exact) mass is 226 g/mol. The van der Waals surface area contributed by atoms with Gasteiger partial charge >= 0.3 is 0 Å². The molecule has 15 heavy (non-hydrogen) atoms. The molecule has 1 atom stereocenters. The lowest BCUT2D eigenvalue weighted by atomic mass is 10.0. The van der Waals surface area contributed by atoms with Gasteiger partial charge in [0.25, 0.3) is 0 Å². The zero-order chi connectivity index (χ0) is 11.3. The van der Waals surface area contributed by atoms with Gasteiger partial charge in [-0.3, -0.25) is 0 Å². The van der Waals surface area contributed by atoms with E-state index in [0.717, 1.165) is 42.0 Å². The van der Waals surface area contributed by atoms with E-state index < -0.39 is 0 Å². The van der Waals surface area contributed by atoms with Gasteiger partial charge in [0.15, 0.2) is 0 Å². The Balaban J connectivity index is 2.57. The topological polar surface area (TPSA) is 52.0 Å². The second-order valence-electron chi connectivity index (χ2n) is 3.90. The normalized spacial score (nSPS) is 12.8. The maximum absolute atomic E-state index is 6.06. The van der Waals surface area contributed by atoms with Crippen LogP contribution in [-0.2, 0) is 0 Å². The Morgan fingerprint density at radius 3 is 2.67 bits per heavy atom. The van der Waals surface area contributed by atoms with Gasteiger partial charge in [-0.2, -0.15) is 0 Å². The van der Waals surface area contributed by atoms with Crippen molar-refractivity contribution in [1.29, 1.82) is 0 Å². The first-order valence-corrected chi connectivity index (χ1v) is 5.74. The van der Waals surface area contributed by atoms with Crippen molar-refractivity contribution in [1.82, 2.24) is 0 Å². The SMILES string of the molecule is Cc1ccc([C@@H](N)CCCCN)cc1Cl. The third kappa shape index (κ3) is 3.82. The first kappa shape index (κ1) is 12.5. The Bertz CT molecular complexity index is 312. The fourth-order valence-corrected chi connectivity index (χ4v) is 1.70. The van der Waals surface area contributed by atoms with Crippen LogP contribution in [0.4, 0.5) is 0 Å². The summed E-state index contributed by atoms with van der Waals surface area (Å²) in [6, 6.07) is 6.10. The van der Waals surface area contributed by atoms with Crippen LogP contribution in [0.1, 0.15) is 36.4 Å². The molecule has 0 bridgehead atoms. The second kappa shape index (κ2) is 6.11. The highest BCUT2D eigenvalue weighted by Gasteiger charge is 2.06. The molecule has 0 heterocycles. The van der Waals surface area contributed by atoms with Crippen LogP contribution in [0.25, 0.3) is 0 Å². The van der Waals surface area contributed by atoms with E-state index in [1.54, 1.807) is 0 Å². The highest BCUT2D eigenvalue weighted by atomic mass is 35.5. The van der Waals surface area contributed by atoms with Gasteiger partial charge in [0.1, 0.15) is 0 Å². The molecule has 0 unspecified atom stereocenters. The van der Waals surface area contributed by atoms with Crippen LogP contribution in [0.5, 0.6) is 0 Å². The van der Waals surface area contributed by atoms with E-state index >= 15 is 0 Å². The van der Waals surface area contributed by atoms with Crippen LogP contribution in [0, 0.1) is 6.92 Å². The van der Waals surface area contributed by atoms with Gasteiger partial charge in [-0.1, -0.05) is 30.2 Å². The van der Waals surface area contributed by atoms with Crippen LogP contribution < -0.4 is 11.5 Å². The van der Waals surface area contributed by atoms with Crippen LogP contribution in [0.2, 0.25) is 5.02 Å². The first-order chi connectivity index (χ1) is 7.15. The van der Waals surface area contributed by atoms with Crippen LogP contribution in [-0.4, -0.2) is 6.54 Å². The van der Waals surface area contributed by atoms with Gasteiger partial charge < -0.3 is 11.5 Å². The van der Waals surface area contributed by atoms with Gasteiger partial charge in [-0.05, 0) is 43.5 Å². The molecule has 0 aliphatic rings. The summed E-state index contributed by atoms with van der Waals surface area (Å²) in [5.74, 6) is 0. The van der Waals surface area contributed by atoms with Crippen molar-refractivity contribution in [2.75, 3.05) is 6.54 Å². The van der Waals surface area contributed by atoms with Gasteiger partial charge in [0.2, 0.25) is 0 Å². The minimum Gasteiger partial charge on any atom is -0.330 e. The van der Waals surface area contributed by atoms with E-state index in [2.05, 4.69) is 0 Å². The first-order valence-electron chi connectivity index (χ1n) is 5.37. The third-order valence-electron chi connectivity index (χ3n) is 2.59. The molecule has 3 heteroatoms. The maximum atomic E-state index is 6.06. The van der Waals surface area contributed by atoms with E-state index in [-0.39, 0.29) is 6.04 Å². The summed E-state index contributed by atoms with van der Waals surface area (Å²) >= 11 is 6.04. The molecule has 0 aromatic heterocycles. The van der Waals surface area contributed by atoms with Crippen molar-refractivity contribution in [3.8, 4) is 0 Å². The molecule has 0 amide bonds. The Morgan fingerprint density at radius 1 is 1.33 bits per heavy atom. The predicted molar refractivity (Wildman–Crippen MR) is 66.0 cm³/mol. The van der Waals surface area contributed by atoms with E-state index in [4.69, 9.17) is 23.1 Å². The quantitative estimate of drug-likeness (QED) is 0.759. The molecular weight excluding hydrogens is 208 g/mol. The Morgan fingerprint density at radius 2 is 2.07 bits per heavy atom. The van der Waals surface area contributed by atoms with Crippen molar-refractivity contribution in [3.63, 3.8) is 0 Å². The summed E-state index contributed by atoms with van der Waals surface area (Å²) in [7, 11) is 0. The molecule has 84 valence electrons. The van der Waals surface area contributed by atoms with E-state index in [9.17, 15) is 0 Å². The van der Waals surface area contributed by atoms with Crippen LogP contribution >= 0.6 is 11.6 Å². The second-order valence-corrected chi connectivity index (χ2v) is 4.31. The van der Waals surface area contributed by atoms with Crippen LogP contribution in [0.15, 0.2) is 18.2 Å². The number of hydrogen-bond donors (Lipinski definition) is 2. The standard InChI is InChI=1S/C12H19ClN2/c1-9-5-6-10(8-11(9)13)12(15)4-2-3-7-14/h5-6,8,12H,2-4,7,14-15H2,1H3/t12-/m0/s1. The number of unbranched alkanes of at least 4 members (excludes halogenated alkanes) is 1. The lowest BCUT2D eigenvalue weighted by molar-refractivity contribution is 0.591. The summed E-state index contributed by atoms with van der Waals surface area (Å²) in [4.78, 5) is 0. The Labute approximate surface area is 96.6 Å². The number of nitrogens with two attached hydrogens (primary N) is 2. The Kier molecular flexibility index (Phi) is 5.09. The van der Waals surface area contributed by atoms with Gasteiger partial charge in [0, 0.05) is 11.1 Å². The molecule has 4 N–H and O–H groups in total. The molecule has 1 aromatic carbocycles. The molecule has 2 nitrogen and oxygen atoms in total. The molecule has 0 fully saturated rings. The average molecular weight is 227 g/mol. The molecule has 1 rings (SSSR count). The molecule has 0 radical (unpaired) electrons. The molecule has 0 aliphatic carbocycles. The lowest BCUT2D eigenvalue weighted by Crippen LogP contribution is -2.11. The number of hydrogen-bond acceptors (Lipinski definition) is 2. The fourth-order valence-electron chi connectivity index (χ4n) is 1.52. The number of benzene rings is 1. The van der Waals surface area contributed by atoms with Crippen molar-refractivity contribution in [2.24, 2.45) is 11.5 Å². The molecule has 1 aromatic rings. The van der Waals surface area contributed by atoms with Crippen molar-refractivity contribution in [2.45, 2.75) is 32.2 Å². The van der Waals surface area contributed by atoms with Crippen molar-refractivity contribution < 1.29 is 0 Å². The lowest BCUT2D eigenvalue weighted by Gasteiger charge is -2.12. The molecule has 0 saturated carbocycles. The minimum absolute atomic E-state index is 0.0784. The molecule has 0 aliphatic heterocycles. The summed E-state index contributed by atoms with van der Waals surface area (Å²) in [5.41, 5.74) is 13.7. The summed E-state index contributed by atoms with van der Waals surface area (Å²) < 4.78 is 0. The number of rotatable bonds is 5. The largest absolute Gasteiger partial charge is 0.330 e. The van der Waals surface area contributed by atoms with E-state index in [1.165, 1.54) is 0 Å². The summed E-state index contributed by atoms with van der Waals surface area (Å²) in [6.45, 7) is 2.73. The van der Waals surface area contributed by atoms with Crippen molar-refractivity contribution >= 4 is 11.6 Å². The number of aryl methyl sites for hydroxylation is 1. The molecule has 0 saturated heterocycles. The molecule has 0 spiro atoms. The zero-order valence-corrected chi connectivity index (χ0v) is 9.93. The molecular formula is C12H19ClN2. The third-order valence-corrected chi connectivity index (χ3v) is 3.00. The Hall–Kier alpha value is -0.570. The van der Waals surface area contributed by atoms with E-state index in [0.29, 0.717) is 0 Å². The van der Waals surface area contributed by atoms with Gasteiger partial charge in [-0.25, -0.2) is 0 Å². The van der Waals surface area contributed by atoms with E-state index in [1.807, 2.05) is 25.1 Å². The van der Waals surface area contributed by atoms with Crippen LogP contribution in [0.3, 0.4) is 0 Å². The van der Waals surface area contributed by atoms with Crippen molar-refractivity contribution in [3.05, 3.63) is 34.3 Å². The highest BCUT2D eigenvalue weighted by molar-refractivity contribution is 6.31. The summed E-state index contributed by atoms with van der Waals surface area (Å²) in [5, 5.41) is 0.793. The highest BCUT2D eigenvalue weighted by Crippen LogP contribution is 2.22. The minimum atomic E-state index is 0.0784. The average Bonchev–Trinajstić information content (AvgIpc) is 2.22. The fraction of sp³-hybridized carbons (Fsp3) is 0.500. The van der Waals surface area contributed by atoms with Gasteiger partial charge in [-0.15, -0.1) is 0 Å². The maximum Gasteiger partial charge on any atom is 0.0438 e. The zero-order valence-electron chi connectivity index (χ0n) is 9.17. The summed E-state index contributed by atoms with van der Waals surface area (Å²) in [6.07, 6.45) is 3.08.